The van der Waals surface area contributed by atoms with Crippen LogP contribution in [-0.2, 0) is 6.54 Å². The molecule has 1 aromatic carbocycles. The van der Waals surface area contributed by atoms with Crippen LogP contribution >= 0.6 is 0 Å². The number of hydrogen-bond donors (Lipinski definition) is 1. The van der Waals surface area contributed by atoms with Crippen LogP contribution < -0.4 is 0 Å². The molecule has 0 radical (unpaired) electrons. The summed E-state index contributed by atoms with van der Waals surface area (Å²) in [6.45, 7) is 3.42. The van der Waals surface area contributed by atoms with Gasteiger partial charge in [-0.1, -0.05) is 6.07 Å². The van der Waals surface area contributed by atoms with Crippen LogP contribution in [0.15, 0.2) is 18.2 Å². The third-order valence-corrected chi connectivity index (χ3v) is 2.91. The van der Waals surface area contributed by atoms with Crippen molar-refractivity contribution in [1.82, 2.24) is 9.78 Å². The van der Waals surface area contributed by atoms with E-state index in [0.717, 1.165) is 12.1 Å². The fourth-order valence-corrected chi connectivity index (χ4v) is 1.97. The van der Waals surface area contributed by atoms with Crippen LogP contribution in [0.3, 0.4) is 0 Å². The number of nitrogens with zero attached hydrogens (tertiary/aromatic N) is 2. The van der Waals surface area contributed by atoms with E-state index < -0.39 is 17.6 Å². The summed E-state index contributed by atoms with van der Waals surface area (Å²) in [6.07, 6.45) is 0. The molecule has 0 fully saturated rings. The lowest BCUT2D eigenvalue weighted by Crippen LogP contribution is -2.06. The molecule has 0 amide bonds. The van der Waals surface area contributed by atoms with Gasteiger partial charge in [-0.2, -0.15) is 5.10 Å². The second kappa shape index (κ2) is 4.79. The molecule has 0 spiro atoms. The Labute approximate surface area is 108 Å². The number of aromatic carboxylic acids is 1. The van der Waals surface area contributed by atoms with E-state index in [9.17, 15) is 13.6 Å². The first-order valence-corrected chi connectivity index (χ1v) is 5.61. The van der Waals surface area contributed by atoms with Gasteiger partial charge in [-0.3, -0.25) is 4.68 Å². The molecule has 19 heavy (non-hydrogen) atoms. The maximum atomic E-state index is 13.1. The molecule has 4 nitrogen and oxygen atoms in total. The van der Waals surface area contributed by atoms with E-state index in [-0.39, 0.29) is 12.1 Å². The second-order valence-electron chi connectivity index (χ2n) is 4.26. The van der Waals surface area contributed by atoms with E-state index in [1.165, 1.54) is 10.7 Å². The van der Waals surface area contributed by atoms with Gasteiger partial charge in [-0.15, -0.1) is 0 Å². The van der Waals surface area contributed by atoms with Crippen LogP contribution in [0.1, 0.15) is 27.3 Å². The number of rotatable bonds is 3. The number of hydrogen-bond acceptors (Lipinski definition) is 2. The van der Waals surface area contributed by atoms with Crippen molar-refractivity contribution < 1.29 is 18.7 Å². The van der Waals surface area contributed by atoms with Crippen molar-refractivity contribution in [3.05, 3.63) is 52.3 Å². The summed E-state index contributed by atoms with van der Waals surface area (Å²) >= 11 is 0. The summed E-state index contributed by atoms with van der Waals surface area (Å²) in [5.74, 6) is -2.90. The van der Waals surface area contributed by atoms with Gasteiger partial charge in [0.1, 0.15) is 5.56 Å². The minimum absolute atomic E-state index is 0.141. The molecule has 2 rings (SSSR count). The minimum Gasteiger partial charge on any atom is -0.478 e. The molecule has 0 unspecified atom stereocenters. The quantitative estimate of drug-likeness (QED) is 0.928. The average Bonchev–Trinajstić information content (AvgIpc) is 2.59. The number of aromatic nitrogens is 2. The van der Waals surface area contributed by atoms with Gasteiger partial charge >= 0.3 is 5.97 Å². The lowest BCUT2D eigenvalue weighted by molar-refractivity contribution is 0.0695. The van der Waals surface area contributed by atoms with Crippen LogP contribution in [-0.4, -0.2) is 20.9 Å². The Morgan fingerprint density at radius 3 is 2.53 bits per heavy atom. The smallest absolute Gasteiger partial charge is 0.339 e. The number of carboxylic acid groups (broad SMARTS) is 1. The molecule has 1 N–H and O–H groups in total. The average molecular weight is 266 g/mol. The zero-order valence-electron chi connectivity index (χ0n) is 10.4. The summed E-state index contributed by atoms with van der Waals surface area (Å²) in [7, 11) is 0. The van der Waals surface area contributed by atoms with Crippen LogP contribution in [0.25, 0.3) is 0 Å². The first-order chi connectivity index (χ1) is 8.90. The van der Waals surface area contributed by atoms with E-state index in [1.54, 1.807) is 13.8 Å². The SMILES string of the molecule is Cc1nn(Cc2ccc(F)c(F)c2)c(C)c1C(=O)O. The Morgan fingerprint density at radius 2 is 2.00 bits per heavy atom. The van der Waals surface area contributed by atoms with Crippen LogP contribution in [0.2, 0.25) is 0 Å². The minimum atomic E-state index is -1.05. The molecular formula is C13H12F2N2O2. The van der Waals surface area contributed by atoms with E-state index in [4.69, 9.17) is 5.11 Å². The summed E-state index contributed by atoms with van der Waals surface area (Å²) in [4.78, 5) is 11.0. The van der Waals surface area contributed by atoms with Gasteiger partial charge in [0, 0.05) is 0 Å². The van der Waals surface area contributed by atoms with Crippen molar-refractivity contribution in [3.8, 4) is 0 Å². The number of halogens is 2. The number of aryl methyl sites for hydroxylation is 1. The molecule has 0 aliphatic rings. The second-order valence-corrected chi connectivity index (χ2v) is 4.26. The van der Waals surface area contributed by atoms with Gasteiger partial charge in [-0.05, 0) is 31.5 Å². The molecule has 0 aliphatic carbocycles. The van der Waals surface area contributed by atoms with E-state index in [2.05, 4.69) is 5.10 Å². The molecule has 1 aromatic heterocycles. The Morgan fingerprint density at radius 1 is 1.32 bits per heavy atom. The van der Waals surface area contributed by atoms with E-state index >= 15 is 0 Å². The van der Waals surface area contributed by atoms with E-state index in [0.29, 0.717) is 17.0 Å². The monoisotopic (exact) mass is 266 g/mol. The highest BCUT2D eigenvalue weighted by Gasteiger charge is 2.17. The topological polar surface area (TPSA) is 55.1 Å². The molecule has 2 aromatic rings. The van der Waals surface area contributed by atoms with Crippen molar-refractivity contribution in [3.63, 3.8) is 0 Å². The van der Waals surface area contributed by atoms with Gasteiger partial charge in [-0.25, -0.2) is 13.6 Å². The Balaban J connectivity index is 2.36. The van der Waals surface area contributed by atoms with Crippen molar-refractivity contribution in [1.29, 1.82) is 0 Å². The molecule has 0 saturated carbocycles. The summed E-state index contributed by atoms with van der Waals surface area (Å²) < 4.78 is 27.4. The van der Waals surface area contributed by atoms with E-state index in [1.807, 2.05) is 0 Å². The predicted molar refractivity (Wildman–Crippen MR) is 64.1 cm³/mol. The van der Waals surface area contributed by atoms with Gasteiger partial charge in [0.2, 0.25) is 0 Å². The number of carboxylic acids is 1. The van der Waals surface area contributed by atoms with Crippen molar-refractivity contribution >= 4 is 5.97 Å². The molecular weight excluding hydrogens is 254 g/mol. The fraction of sp³-hybridized carbons (Fsp3) is 0.231. The predicted octanol–water partition coefficient (Wildman–Crippen LogP) is 2.52. The third-order valence-electron chi connectivity index (χ3n) is 2.91. The van der Waals surface area contributed by atoms with Crippen molar-refractivity contribution in [2.45, 2.75) is 20.4 Å². The summed E-state index contributed by atoms with van der Waals surface area (Å²) in [5, 5.41) is 13.1. The molecule has 0 aliphatic heterocycles. The largest absolute Gasteiger partial charge is 0.478 e. The molecule has 0 bridgehead atoms. The first-order valence-electron chi connectivity index (χ1n) is 5.61. The van der Waals surface area contributed by atoms with Crippen LogP contribution in [0, 0.1) is 25.5 Å². The zero-order chi connectivity index (χ0) is 14.2. The summed E-state index contributed by atoms with van der Waals surface area (Å²) in [6, 6.07) is 3.55. The van der Waals surface area contributed by atoms with Crippen LogP contribution in [0.4, 0.5) is 8.78 Å². The standard InChI is InChI=1S/C13H12F2N2O2/c1-7-12(13(18)19)8(2)17(16-7)6-9-3-4-10(14)11(15)5-9/h3-5H,6H2,1-2H3,(H,18,19). The lowest BCUT2D eigenvalue weighted by Gasteiger charge is -2.05. The highest BCUT2D eigenvalue weighted by Crippen LogP contribution is 2.16. The Kier molecular flexibility index (Phi) is 3.33. The van der Waals surface area contributed by atoms with Crippen molar-refractivity contribution in [2.75, 3.05) is 0 Å². The van der Waals surface area contributed by atoms with Gasteiger partial charge in [0.25, 0.3) is 0 Å². The molecule has 6 heteroatoms. The molecule has 0 saturated heterocycles. The van der Waals surface area contributed by atoms with Gasteiger partial charge in [0.15, 0.2) is 11.6 Å². The lowest BCUT2D eigenvalue weighted by atomic mass is 10.2. The maximum absolute atomic E-state index is 13.1. The summed E-state index contributed by atoms with van der Waals surface area (Å²) in [5.41, 5.74) is 1.53. The molecule has 100 valence electrons. The third kappa shape index (κ3) is 2.47. The van der Waals surface area contributed by atoms with Gasteiger partial charge < -0.3 is 5.11 Å². The highest BCUT2D eigenvalue weighted by molar-refractivity contribution is 5.90. The molecule has 0 atom stereocenters. The van der Waals surface area contributed by atoms with Crippen LogP contribution in [0.5, 0.6) is 0 Å². The highest BCUT2D eigenvalue weighted by atomic mass is 19.2. The first kappa shape index (κ1) is 13.2. The van der Waals surface area contributed by atoms with Gasteiger partial charge in [0.05, 0.1) is 17.9 Å². The van der Waals surface area contributed by atoms with Crippen molar-refractivity contribution in [2.24, 2.45) is 0 Å². The Bertz CT molecular complexity index is 650. The number of benzene rings is 1. The number of carbonyl (C=O) groups is 1. The Hall–Kier alpha value is -2.24. The zero-order valence-corrected chi connectivity index (χ0v) is 10.4. The normalized spacial score (nSPS) is 10.7. The molecule has 1 heterocycles. The fourth-order valence-electron chi connectivity index (χ4n) is 1.97. The maximum Gasteiger partial charge on any atom is 0.339 e.